The number of β-amino-alcohol motifs (C(OH)–C–C–N with tert-alkyl or cyclic N) is 1. The number of carbonyl (C=O) groups excluding carboxylic acids is 5. The number of nitrogens with zero attached hydrogens (tertiary/aromatic N) is 3. The zero-order valence-corrected chi connectivity index (χ0v) is 32.8. The van der Waals surface area contributed by atoms with Crippen LogP contribution in [0.25, 0.3) is 10.1 Å². The number of amides is 5. The molecule has 5 atom stereocenters. The van der Waals surface area contributed by atoms with E-state index in [1.54, 1.807) is 20.8 Å². The van der Waals surface area contributed by atoms with Gasteiger partial charge >= 0.3 is 19.4 Å². The van der Waals surface area contributed by atoms with Crippen LogP contribution >= 0.6 is 18.9 Å². The Kier molecular flexibility index (Phi) is 12.4. The van der Waals surface area contributed by atoms with Crippen LogP contribution in [0.1, 0.15) is 76.0 Å². The largest absolute Gasteiger partial charge is 0.444 e. The molecule has 0 saturated carbocycles. The monoisotopic (exact) mass is 799 g/mol. The molecule has 3 N–H and O–H groups in total. The second kappa shape index (κ2) is 16.2. The van der Waals surface area contributed by atoms with Crippen molar-refractivity contribution in [2.75, 3.05) is 39.4 Å². The lowest BCUT2D eigenvalue weighted by atomic mass is 10.1. The van der Waals surface area contributed by atoms with E-state index in [1.165, 1.54) is 47.6 Å². The van der Waals surface area contributed by atoms with Crippen molar-refractivity contribution in [3.8, 4) is 0 Å². The molecule has 0 bridgehead atoms. The summed E-state index contributed by atoms with van der Waals surface area (Å²) in [7, 11) is -4.88. The topological polar surface area (TPSA) is 184 Å². The summed E-state index contributed by atoms with van der Waals surface area (Å²) in [6.45, 7) is 8.89. The maximum absolute atomic E-state index is 15.5. The Morgan fingerprint density at radius 3 is 2.30 bits per heavy atom. The van der Waals surface area contributed by atoms with Crippen LogP contribution in [0.3, 0.4) is 0 Å². The van der Waals surface area contributed by atoms with E-state index in [0.29, 0.717) is 24.0 Å². The summed E-state index contributed by atoms with van der Waals surface area (Å²) in [6.07, 6.45) is -0.546. The van der Waals surface area contributed by atoms with Gasteiger partial charge in [0.2, 0.25) is 17.7 Å². The molecule has 0 spiro atoms. The second-order valence-corrected chi connectivity index (χ2v) is 17.7. The number of aliphatic hydroxyl groups excluding tert-OH is 1. The van der Waals surface area contributed by atoms with Gasteiger partial charge in [0.25, 0.3) is 5.91 Å². The molecule has 5 rings (SSSR count). The highest BCUT2D eigenvalue weighted by molar-refractivity contribution is 7.54. The molecule has 1 aromatic heterocycles. The molecule has 1 aromatic carbocycles. The van der Waals surface area contributed by atoms with Crippen LogP contribution in [0.4, 0.5) is 13.6 Å². The minimum Gasteiger partial charge on any atom is -0.444 e. The van der Waals surface area contributed by atoms with Gasteiger partial charge in [-0.2, -0.15) is 8.78 Å². The summed E-state index contributed by atoms with van der Waals surface area (Å²) in [5, 5.41) is 16.5. The Morgan fingerprint density at radius 2 is 1.67 bits per heavy atom. The zero-order chi connectivity index (χ0) is 39.7. The molecule has 3 fully saturated rings. The predicted molar refractivity (Wildman–Crippen MR) is 194 cm³/mol. The number of ether oxygens (including phenoxy) is 1. The molecule has 298 valence electrons. The smallest absolute Gasteiger partial charge is 0.410 e. The highest BCUT2D eigenvalue weighted by Crippen LogP contribution is 2.67. The van der Waals surface area contributed by atoms with Crippen molar-refractivity contribution < 1.29 is 56.2 Å². The zero-order valence-electron chi connectivity index (χ0n) is 31.1. The van der Waals surface area contributed by atoms with Gasteiger partial charge in [-0.25, -0.2) is 4.79 Å². The van der Waals surface area contributed by atoms with Crippen molar-refractivity contribution >= 4 is 58.7 Å². The number of thiophene rings is 1. The van der Waals surface area contributed by atoms with Crippen molar-refractivity contribution in [2.24, 2.45) is 0 Å². The van der Waals surface area contributed by atoms with Gasteiger partial charge in [0.1, 0.15) is 17.7 Å². The number of fused-ring (bicyclic) bond motifs is 2. The fourth-order valence-electron chi connectivity index (χ4n) is 6.98. The molecule has 0 aliphatic carbocycles. The molecule has 54 heavy (non-hydrogen) atoms. The molecule has 5 amide bonds. The van der Waals surface area contributed by atoms with Crippen molar-refractivity contribution in [3.05, 3.63) is 34.7 Å². The van der Waals surface area contributed by atoms with E-state index in [2.05, 4.69) is 10.6 Å². The Labute approximate surface area is 316 Å². The number of hydrogen-bond donors (Lipinski definition) is 3. The minimum atomic E-state index is -4.88. The molecule has 15 nitrogen and oxygen atoms in total. The summed E-state index contributed by atoms with van der Waals surface area (Å²) < 4.78 is 59.7. The third kappa shape index (κ3) is 8.72. The molecule has 4 heterocycles. The number of halogens is 2. The molecule has 3 saturated heterocycles. The number of rotatable bonds is 10. The lowest BCUT2D eigenvalue weighted by Gasteiger charge is -2.38. The Morgan fingerprint density at radius 1 is 0.981 bits per heavy atom. The van der Waals surface area contributed by atoms with E-state index >= 15 is 8.78 Å². The number of likely N-dealkylation sites (tertiary alicyclic amines) is 1. The highest BCUT2D eigenvalue weighted by Gasteiger charge is 2.55. The first kappa shape index (κ1) is 41.5. The number of hydrogen-bond acceptors (Lipinski definition) is 11. The lowest BCUT2D eigenvalue weighted by Crippen LogP contribution is -2.61. The normalized spacial score (nSPS) is 23.9. The van der Waals surface area contributed by atoms with E-state index < -0.39 is 78.5 Å². The molecule has 0 radical (unpaired) electrons. The highest BCUT2D eigenvalue weighted by atomic mass is 32.1. The van der Waals surface area contributed by atoms with E-state index in [0.717, 1.165) is 23.5 Å². The maximum atomic E-state index is 15.5. The van der Waals surface area contributed by atoms with Gasteiger partial charge in [-0.05, 0) is 77.5 Å². The van der Waals surface area contributed by atoms with E-state index in [4.69, 9.17) is 13.8 Å². The average Bonchev–Trinajstić information content (AvgIpc) is 3.80. The standard InChI is InChI=1S/C35H48F2N5O10PS/c1-7-50-53(49,51-8-2)35(36,37)22-9-12-28-21(15-22)16-29(54-28)31(46)39-25-18-40(20(3)43)14-13-23-10-11-26(42(23)32(25)47)30(45)38-24-17-41(19-27(24)44)33(48)52-34(4,5)6/h9,12,15-16,23-27,44H,7-8,10-11,13-14,17-19H2,1-6H3,(H,38,45)(H,39,46)/t23-,24+,25+,26+,27+/m1/s1. The van der Waals surface area contributed by atoms with Gasteiger partial charge in [-0.3, -0.25) is 23.7 Å². The second-order valence-electron chi connectivity index (χ2n) is 14.6. The van der Waals surface area contributed by atoms with Gasteiger partial charge < -0.3 is 44.2 Å². The molecule has 3 aliphatic rings. The van der Waals surface area contributed by atoms with Crippen molar-refractivity contribution in [2.45, 2.75) is 102 Å². The number of carbonyl (C=O) groups is 5. The maximum Gasteiger partial charge on any atom is 0.410 e. The quantitative estimate of drug-likeness (QED) is 0.297. The van der Waals surface area contributed by atoms with Gasteiger partial charge in [0.05, 0.1) is 36.8 Å². The summed E-state index contributed by atoms with van der Waals surface area (Å²) in [5.74, 6) is -2.11. The predicted octanol–water partition coefficient (Wildman–Crippen LogP) is 4.02. The van der Waals surface area contributed by atoms with Crippen molar-refractivity contribution in [3.63, 3.8) is 0 Å². The first-order valence-electron chi connectivity index (χ1n) is 17.9. The van der Waals surface area contributed by atoms with Crippen LogP contribution in [0.2, 0.25) is 0 Å². The molecule has 3 aliphatic heterocycles. The van der Waals surface area contributed by atoms with Crippen LogP contribution in [0, 0.1) is 0 Å². The summed E-state index contributed by atoms with van der Waals surface area (Å²) >= 11 is 0.988. The third-order valence-corrected chi connectivity index (χ3v) is 12.8. The fraction of sp³-hybridized carbons (Fsp3) is 0.629. The molecule has 2 aromatic rings. The summed E-state index contributed by atoms with van der Waals surface area (Å²) in [6, 6.07) is 1.51. The van der Waals surface area contributed by atoms with Gasteiger partial charge in [-0.1, -0.05) is 6.07 Å². The van der Waals surface area contributed by atoms with Gasteiger partial charge in [0.15, 0.2) is 0 Å². The first-order valence-corrected chi connectivity index (χ1v) is 20.3. The number of alkyl halides is 2. The Hall–Kier alpha value is -3.70. The Balaban J connectivity index is 1.34. The molecular weight excluding hydrogens is 751 g/mol. The van der Waals surface area contributed by atoms with Gasteiger partial charge in [0, 0.05) is 42.9 Å². The van der Waals surface area contributed by atoms with Crippen LogP contribution in [0.5, 0.6) is 0 Å². The first-order chi connectivity index (χ1) is 25.3. The van der Waals surface area contributed by atoms with Crippen LogP contribution in [-0.4, -0.2) is 125 Å². The van der Waals surface area contributed by atoms with Crippen LogP contribution in [0.15, 0.2) is 24.3 Å². The SMILES string of the molecule is CCOP(=O)(OCC)C(F)(F)c1ccc2sc(C(=O)N[C@H]3CN(C(C)=O)CC[C@H]4CC[C@@H](C(=O)N[C@H]5CN(C(=O)OC(C)(C)C)C[C@@H]5O)N4C3=O)cc2c1. The molecule has 19 heteroatoms. The number of aliphatic hydroxyl groups is 1. The van der Waals surface area contributed by atoms with Crippen LogP contribution in [-0.2, 0) is 38.4 Å². The van der Waals surface area contributed by atoms with Gasteiger partial charge in [-0.15, -0.1) is 11.3 Å². The fourth-order valence-corrected chi connectivity index (χ4v) is 9.46. The van der Waals surface area contributed by atoms with E-state index in [1.807, 2.05) is 0 Å². The van der Waals surface area contributed by atoms with Crippen LogP contribution < -0.4 is 10.6 Å². The average molecular weight is 800 g/mol. The lowest BCUT2D eigenvalue weighted by molar-refractivity contribution is -0.145. The third-order valence-electron chi connectivity index (χ3n) is 9.54. The number of benzene rings is 1. The Bertz CT molecular complexity index is 1810. The van der Waals surface area contributed by atoms with E-state index in [9.17, 15) is 33.6 Å². The summed E-state index contributed by atoms with van der Waals surface area (Å²) in [5.41, 5.74) is -5.36. The summed E-state index contributed by atoms with van der Waals surface area (Å²) in [4.78, 5) is 71.2. The van der Waals surface area contributed by atoms with Crippen molar-refractivity contribution in [1.29, 1.82) is 0 Å². The molecule has 0 unspecified atom stereocenters. The number of nitrogens with one attached hydrogen (secondary N) is 2. The molecular formula is C35H48F2N5O10PS. The van der Waals surface area contributed by atoms with E-state index in [-0.39, 0.29) is 55.6 Å². The van der Waals surface area contributed by atoms with Crippen molar-refractivity contribution in [1.82, 2.24) is 25.3 Å². The minimum absolute atomic E-state index is 0.00478.